The summed E-state index contributed by atoms with van der Waals surface area (Å²) in [5, 5.41) is 9.06. The molecular formula is C13H17F3N2O3. The summed E-state index contributed by atoms with van der Waals surface area (Å²) in [6.07, 6.45) is -4.86. The predicted molar refractivity (Wildman–Crippen MR) is 69.2 cm³/mol. The van der Waals surface area contributed by atoms with Gasteiger partial charge in [0.15, 0.2) is 0 Å². The van der Waals surface area contributed by atoms with E-state index < -0.39 is 23.4 Å². The smallest absolute Gasteiger partial charge is 0.417 e. The third kappa shape index (κ3) is 5.13. The molecule has 0 aliphatic carbocycles. The van der Waals surface area contributed by atoms with E-state index in [1.165, 1.54) is 4.90 Å². The number of amides is 1. The zero-order valence-electron chi connectivity index (χ0n) is 11.9. The van der Waals surface area contributed by atoms with Gasteiger partial charge >= 0.3 is 12.3 Å². The normalized spacial score (nSPS) is 12.1. The van der Waals surface area contributed by atoms with Gasteiger partial charge in [-0.3, -0.25) is 0 Å². The molecule has 0 fully saturated rings. The maximum atomic E-state index is 12.3. The van der Waals surface area contributed by atoms with Crippen LogP contribution in [0.15, 0.2) is 18.3 Å². The number of carbonyl (C=O) groups is 1. The largest absolute Gasteiger partial charge is 0.476 e. The lowest BCUT2D eigenvalue weighted by Crippen LogP contribution is -2.46. The molecule has 0 aliphatic heterocycles. The van der Waals surface area contributed by atoms with Crippen LogP contribution in [0.1, 0.15) is 26.3 Å². The topological polar surface area (TPSA) is 62.7 Å². The molecule has 118 valence electrons. The number of rotatable bonds is 4. The van der Waals surface area contributed by atoms with Crippen molar-refractivity contribution < 1.29 is 27.8 Å². The van der Waals surface area contributed by atoms with E-state index in [2.05, 4.69) is 4.98 Å². The lowest BCUT2D eigenvalue weighted by molar-refractivity contribution is -0.137. The van der Waals surface area contributed by atoms with Crippen molar-refractivity contribution in [2.45, 2.75) is 32.5 Å². The highest BCUT2D eigenvalue weighted by molar-refractivity contribution is 5.65. The minimum Gasteiger partial charge on any atom is -0.476 e. The summed E-state index contributed by atoms with van der Waals surface area (Å²) in [6, 6.07) is 1.96. The monoisotopic (exact) mass is 306 g/mol. The number of carboxylic acid groups (broad SMARTS) is 1. The Morgan fingerprint density at radius 2 is 1.95 bits per heavy atom. The quantitative estimate of drug-likeness (QED) is 0.927. The summed E-state index contributed by atoms with van der Waals surface area (Å²) in [5.41, 5.74) is -1.46. The molecule has 0 aliphatic rings. The van der Waals surface area contributed by atoms with Crippen LogP contribution in [0, 0.1) is 0 Å². The number of hydrogen-bond donors (Lipinski definition) is 1. The van der Waals surface area contributed by atoms with Crippen molar-refractivity contribution in [3.05, 3.63) is 23.9 Å². The van der Waals surface area contributed by atoms with Gasteiger partial charge in [-0.25, -0.2) is 9.78 Å². The van der Waals surface area contributed by atoms with Crippen molar-refractivity contribution in [2.24, 2.45) is 0 Å². The van der Waals surface area contributed by atoms with Gasteiger partial charge in [0.2, 0.25) is 5.88 Å². The number of pyridine rings is 1. The Bertz CT molecular complexity index is 481. The van der Waals surface area contributed by atoms with Crippen molar-refractivity contribution in [2.75, 3.05) is 13.2 Å². The Balaban J connectivity index is 2.58. The van der Waals surface area contributed by atoms with Crippen LogP contribution in [0.5, 0.6) is 5.88 Å². The summed E-state index contributed by atoms with van der Waals surface area (Å²) < 4.78 is 42.2. The first-order valence-electron chi connectivity index (χ1n) is 6.18. The Hall–Kier alpha value is -1.99. The molecule has 1 N–H and O–H groups in total. The number of ether oxygens (including phenoxy) is 1. The van der Waals surface area contributed by atoms with Crippen LogP contribution in [0.3, 0.4) is 0 Å². The first-order chi connectivity index (χ1) is 9.51. The van der Waals surface area contributed by atoms with Crippen LogP contribution in [0.4, 0.5) is 18.0 Å². The Kier molecular flexibility index (Phi) is 5.03. The van der Waals surface area contributed by atoms with E-state index in [1.807, 2.05) is 0 Å². The maximum absolute atomic E-state index is 12.3. The summed E-state index contributed by atoms with van der Waals surface area (Å²) in [7, 11) is 0. The zero-order valence-corrected chi connectivity index (χ0v) is 11.9. The number of aromatic nitrogens is 1. The lowest BCUT2D eigenvalue weighted by Gasteiger charge is -2.32. The molecule has 1 aromatic rings. The van der Waals surface area contributed by atoms with E-state index in [0.29, 0.717) is 6.20 Å². The van der Waals surface area contributed by atoms with Gasteiger partial charge in [0.05, 0.1) is 12.1 Å². The highest BCUT2D eigenvalue weighted by atomic mass is 19.4. The van der Waals surface area contributed by atoms with E-state index in [0.717, 1.165) is 12.1 Å². The van der Waals surface area contributed by atoms with E-state index in [1.54, 1.807) is 20.8 Å². The molecule has 0 radical (unpaired) electrons. The average molecular weight is 306 g/mol. The third-order valence-electron chi connectivity index (χ3n) is 2.67. The van der Waals surface area contributed by atoms with Gasteiger partial charge in [-0.15, -0.1) is 0 Å². The van der Waals surface area contributed by atoms with Crippen molar-refractivity contribution in [1.82, 2.24) is 9.88 Å². The first-order valence-corrected chi connectivity index (χ1v) is 6.18. The van der Waals surface area contributed by atoms with Crippen LogP contribution in [-0.4, -0.2) is 39.8 Å². The van der Waals surface area contributed by atoms with Gasteiger partial charge < -0.3 is 14.7 Å². The van der Waals surface area contributed by atoms with Crippen LogP contribution in [-0.2, 0) is 6.18 Å². The summed E-state index contributed by atoms with van der Waals surface area (Å²) >= 11 is 0. The second-order valence-electron chi connectivity index (χ2n) is 5.34. The van der Waals surface area contributed by atoms with Gasteiger partial charge in [-0.1, -0.05) is 0 Å². The molecule has 0 atom stereocenters. The lowest BCUT2D eigenvalue weighted by atomic mass is 10.1. The standard InChI is InChI=1S/C13H17F3N2O3/c1-12(2,3)18(11(19)20)6-7-21-10-5-4-9(8-17-10)13(14,15)16/h4-5,8H,6-7H2,1-3H3,(H,19,20). The van der Waals surface area contributed by atoms with Crippen molar-refractivity contribution in [1.29, 1.82) is 0 Å². The predicted octanol–water partition coefficient (Wildman–Crippen LogP) is 3.26. The van der Waals surface area contributed by atoms with Crippen LogP contribution in [0.25, 0.3) is 0 Å². The molecule has 1 amide bonds. The number of halogens is 3. The average Bonchev–Trinajstić information content (AvgIpc) is 2.32. The molecule has 1 heterocycles. The van der Waals surface area contributed by atoms with Gasteiger partial charge in [0, 0.05) is 17.8 Å². The molecule has 0 saturated heterocycles. The zero-order chi connectivity index (χ0) is 16.3. The van der Waals surface area contributed by atoms with Crippen molar-refractivity contribution in [3.63, 3.8) is 0 Å². The fourth-order valence-corrected chi connectivity index (χ4v) is 1.59. The second-order valence-corrected chi connectivity index (χ2v) is 5.34. The molecule has 1 rings (SSSR count). The van der Waals surface area contributed by atoms with Crippen molar-refractivity contribution in [3.8, 4) is 5.88 Å². The molecule has 0 bridgehead atoms. The highest BCUT2D eigenvalue weighted by Crippen LogP contribution is 2.29. The van der Waals surface area contributed by atoms with Crippen LogP contribution in [0.2, 0.25) is 0 Å². The van der Waals surface area contributed by atoms with Gasteiger partial charge in [-0.2, -0.15) is 13.2 Å². The molecule has 1 aromatic heterocycles. The van der Waals surface area contributed by atoms with E-state index in [-0.39, 0.29) is 19.0 Å². The van der Waals surface area contributed by atoms with E-state index >= 15 is 0 Å². The first kappa shape index (κ1) is 17.1. The molecule has 0 spiro atoms. The number of alkyl halides is 3. The highest BCUT2D eigenvalue weighted by Gasteiger charge is 2.30. The molecule has 0 aromatic carbocycles. The molecule has 5 nitrogen and oxygen atoms in total. The Morgan fingerprint density at radius 1 is 1.33 bits per heavy atom. The van der Waals surface area contributed by atoms with Gasteiger partial charge in [-0.05, 0) is 26.8 Å². The summed E-state index contributed by atoms with van der Waals surface area (Å²) in [4.78, 5) is 15.8. The van der Waals surface area contributed by atoms with Gasteiger partial charge in [0.1, 0.15) is 6.61 Å². The van der Waals surface area contributed by atoms with Crippen LogP contribution >= 0.6 is 0 Å². The minimum atomic E-state index is -4.45. The molecular weight excluding hydrogens is 289 g/mol. The summed E-state index contributed by atoms with van der Waals surface area (Å²) in [5.74, 6) is 0.0160. The Morgan fingerprint density at radius 3 is 2.33 bits per heavy atom. The molecule has 0 unspecified atom stereocenters. The number of hydrogen-bond acceptors (Lipinski definition) is 3. The number of nitrogens with zero attached hydrogens (tertiary/aromatic N) is 2. The van der Waals surface area contributed by atoms with E-state index in [4.69, 9.17) is 9.84 Å². The second kappa shape index (κ2) is 6.19. The molecule has 0 saturated carbocycles. The third-order valence-corrected chi connectivity index (χ3v) is 2.67. The van der Waals surface area contributed by atoms with Crippen molar-refractivity contribution >= 4 is 6.09 Å². The fourth-order valence-electron chi connectivity index (χ4n) is 1.59. The molecule has 21 heavy (non-hydrogen) atoms. The van der Waals surface area contributed by atoms with Crippen LogP contribution < -0.4 is 4.74 Å². The summed E-state index contributed by atoms with van der Waals surface area (Å²) in [6.45, 7) is 5.29. The SMILES string of the molecule is CC(C)(C)N(CCOc1ccc(C(F)(F)F)cn1)C(=O)O. The molecule has 8 heteroatoms. The van der Waals surface area contributed by atoms with E-state index in [9.17, 15) is 18.0 Å². The maximum Gasteiger partial charge on any atom is 0.417 e. The van der Waals surface area contributed by atoms with Gasteiger partial charge in [0.25, 0.3) is 0 Å². The minimum absolute atomic E-state index is 0.00192. The fraction of sp³-hybridized carbons (Fsp3) is 0.538. The Labute approximate surface area is 120 Å².